The van der Waals surface area contributed by atoms with E-state index in [-0.39, 0.29) is 11.6 Å². The minimum Gasteiger partial charge on any atom is -0.207 e. The Balaban J connectivity index is 1.63. The highest BCUT2D eigenvalue weighted by molar-refractivity contribution is 5.87. The van der Waals surface area contributed by atoms with Gasteiger partial charge in [0.2, 0.25) is 0 Å². The summed E-state index contributed by atoms with van der Waals surface area (Å²) >= 11 is 0. The first kappa shape index (κ1) is 16.2. The van der Waals surface area contributed by atoms with Gasteiger partial charge in [0.25, 0.3) is 0 Å². The van der Waals surface area contributed by atoms with Crippen LogP contribution >= 0.6 is 0 Å². The number of fused-ring (bicyclic) bond motifs is 1. The standard InChI is InChI=1S/C24H16F2/c25-23-13-6-17(7-14-23)5-8-19-10-12-22(16-24(19)26)21-11-9-18-3-1-2-4-20(18)15-21/h1-16H/b8-5+. The van der Waals surface area contributed by atoms with Gasteiger partial charge in [-0.05, 0) is 51.7 Å². The van der Waals surface area contributed by atoms with Crippen molar-refractivity contribution in [3.63, 3.8) is 0 Å². The average Bonchev–Trinajstić information content (AvgIpc) is 2.68. The third-order valence-electron chi connectivity index (χ3n) is 4.41. The van der Waals surface area contributed by atoms with E-state index in [1.807, 2.05) is 30.3 Å². The molecule has 26 heavy (non-hydrogen) atoms. The molecule has 0 unspecified atom stereocenters. The van der Waals surface area contributed by atoms with Gasteiger partial charge in [0.05, 0.1) is 0 Å². The summed E-state index contributed by atoms with van der Waals surface area (Å²) in [6.07, 6.45) is 3.47. The molecule has 0 atom stereocenters. The Labute approximate surface area is 151 Å². The summed E-state index contributed by atoms with van der Waals surface area (Å²) in [5.74, 6) is -0.568. The summed E-state index contributed by atoms with van der Waals surface area (Å²) in [6, 6.07) is 25.6. The van der Waals surface area contributed by atoms with Crippen LogP contribution in [0.5, 0.6) is 0 Å². The molecule has 0 aliphatic heterocycles. The van der Waals surface area contributed by atoms with Gasteiger partial charge in [0, 0.05) is 5.56 Å². The highest BCUT2D eigenvalue weighted by atomic mass is 19.1. The van der Waals surface area contributed by atoms with Crippen molar-refractivity contribution in [1.29, 1.82) is 0 Å². The minimum absolute atomic E-state index is 0.283. The van der Waals surface area contributed by atoms with E-state index in [0.717, 1.165) is 27.5 Å². The SMILES string of the molecule is Fc1ccc(/C=C/c2ccc(-c3ccc4ccccc4c3)cc2F)cc1. The third kappa shape index (κ3) is 3.40. The van der Waals surface area contributed by atoms with Crippen molar-refractivity contribution in [1.82, 2.24) is 0 Å². The maximum atomic E-state index is 14.5. The molecule has 0 amide bonds. The Bertz CT molecular complexity index is 1090. The zero-order valence-corrected chi connectivity index (χ0v) is 14.0. The summed E-state index contributed by atoms with van der Waals surface area (Å²) < 4.78 is 27.4. The summed E-state index contributed by atoms with van der Waals surface area (Å²) in [4.78, 5) is 0. The van der Waals surface area contributed by atoms with Crippen LogP contribution in [0, 0.1) is 11.6 Å². The maximum absolute atomic E-state index is 14.5. The van der Waals surface area contributed by atoms with Gasteiger partial charge in [0.1, 0.15) is 11.6 Å². The van der Waals surface area contributed by atoms with E-state index < -0.39 is 0 Å². The summed E-state index contributed by atoms with van der Waals surface area (Å²) in [6.45, 7) is 0. The molecular weight excluding hydrogens is 326 g/mol. The van der Waals surface area contributed by atoms with Crippen molar-refractivity contribution < 1.29 is 8.78 Å². The molecule has 4 aromatic carbocycles. The Morgan fingerprint density at radius 2 is 1.27 bits per heavy atom. The topological polar surface area (TPSA) is 0 Å². The van der Waals surface area contributed by atoms with Crippen molar-refractivity contribution in [2.75, 3.05) is 0 Å². The van der Waals surface area contributed by atoms with Gasteiger partial charge in [-0.25, -0.2) is 8.78 Å². The maximum Gasteiger partial charge on any atom is 0.131 e. The summed E-state index contributed by atoms with van der Waals surface area (Å²) in [7, 11) is 0. The fourth-order valence-electron chi connectivity index (χ4n) is 2.97. The highest BCUT2D eigenvalue weighted by Gasteiger charge is 2.04. The Hall–Kier alpha value is -3.26. The Morgan fingerprint density at radius 3 is 2.04 bits per heavy atom. The van der Waals surface area contributed by atoms with E-state index in [2.05, 4.69) is 18.2 Å². The molecule has 2 heteroatoms. The van der Waals surface area contributed by atoms with E-state index in [1.165, 1.54) is 12.1 Å². The first-order valence-corrected chi connectivity index (χ1v) is 8.41. The summed E-state index contributed by atoms with van der Waals surface area (Å²) in [5, 5.41) is 2.29. The van der Waals surface area contributed by atoms with Crippen LogP contribution < -0.4 is 0 Å². The number of hydrogen-bond donors (Lipinski definition) is 0. The summed E-state index contributed by atoms with van der Waals surface area (Å²) in [5.41, 5.74) is 3.15. The van der Waals surface area contributed by atoms with Crippen LogP contribution in [0.15, 0.2) is 84.9 Å². The van der Waals surface area contributed by atoms with E-state index in [9.17, 15) is 8.78 Å². The molecule has 0 N–H and O–H groups in total. The van der Waals surface area contributed by atoms with Crippen LogP contribution in [-0.4, -0.2) is 0 Å². The van der Waals surface area contributed by atoms with Crippen LogP contribution in [0.4, 0.5) is 8.78 Å². The molecule has 0 spiro atoms. The molecule has 0 saturated heterocycles. The van der Waals surface area contributed by atoms with E-state index in [4.69, 9.17) is 0 Å². The second-order valence-electron chi connectivity index (χ2n) is 6.18. The molecule has 0 bridgehead atoms. The van der Waals surface area contributed by atoms with E-state index >= 15 is 0 Å². The van der Waals surface area contributed by atoms with Gasteiger partial charge in [-0.2, -0.15) is 0 Å². The predicted molar refractivity (Wildman–Crippen MR) is 105 cm³/mol. The molecule has 0 saturated carbocycles. The fourth-order valence-corrected chi connectivity index (χ4v) is 2.97. The smallest absolute Gasteiger partial charge is 0.131 e. The normalized spacial score (nSPS) is 11.3. The average molecular weight is 342 g/mol. The monoisotopic (exact) mass is 342 g/mol. The zero-order chi connectivity index (χ0) is 17.9. The molecule has 4 rings (SSSR count). The molecule has 0 heterocycles. The van der Waals surface area contributed by atoms with E-state index in [1.54, 1.807) is 36.4 Å². The van der Waals surface area contributed by atoms with Gasteiger partial charge in [-0.15, -0.1) is 0 Å². The molecule has 0 aromatic heterocycles. The minimum atomic E-state index is -0.284. The number of hydrogen-bond acceptors (Lipinski definition) is 0. The van der Waals surface area contributed by atoms with Gasteiger partial charge in [-0.3, -0.25) is 0 Å². The van der Waals surface area contributed by atoms with Gasteiger partial charge < -0.3 is 0 Å². The molecule has 0 nitrogen and oxygen atoms in total. The number of halogens is 2. The molecule has 0 aliphatic rings. The molecule has 0 aliphatic carbocycles. The quantitative estimate of drug-likeness (QED) is 0.353. The lowest BCUT2D eigenvalue weighted by Crippen LogP contribution is -1.85. The van der Waals surface area contributed by atoms with Crippen molar-refractivity contribution in [2.24, 2.45) is 0 Å². The van der Waals surface area contributed by atoms with Crippen LogP contribution in [-0.2, 0) is 0 Å². The fraction of sp³-hybridized carbons (Fsp3) is 0. The van der Waals surface area contributed by atoms with Crippen LogP contribution in [0.2, 0.25) is 0 Å². The van der Waals surface area contributed by atoms with Crippen molar-refractivity contribution in [3.8, 4) is 11.1 Å². The zero-order valence-electron chi connectivity index (χ0n) is 14.0. The first-order valence-electron chi connectivity index (χ1n) is 8.41. The van der Waals surface area contributed by atoms with Gasteiger partial charge in [0.15, 0.2) is 0 Å². The van der Waals surface area contributed by atoms with Crippen molar-refractivity contribution in [2.45, 2.75) is 0 Å². The van der Waals surface area contributed by atoms with Crippen LogP contribution in [0.3, 0.4) is 0 Å². The second-order valence-corrected chi connectivity index (χ2v) is 6.18. The first-order chi connectivity index (χ1) is 12.7. The molecule has 0 fully saturated rings. The van der Waals surface area contributed by atoms with Crippen LogP contribution in [0.25, 0.3) is 34.1 Å². The van der Waals surface area contributed by atoms with Crippen LogP contribution in [0.1, 0.15) is 11.1 Å². The number of rotatable bonds is 3. The van der Waals surface area contributed by atoms with E-state index in [0.29, 0.717) is 5.56 Å². The highest BCUT2D eigenvalue weighted by Crippen LogP contribution is 2.26. The predicted octanol–water partition coefficient (Wildman–Crippen LogP) is 6.96. The largest absolute Gasteiger partial charge is 0.207 e. The van der Waals surface area contributed by atoms with Gasteiger partial charge in [-0.1, -0.05) is 72.8 Å². The molecular formula is C24H16F2. The lowest BCUT2D eigenvalue weighted by molar-refractivity contribution is 0.625. The molecule has 126 valence electrons. The third-order valence-corrected chi connectivity index (χ3v) is 4.41. The Kier molecular flexibility index (Phi) is 4.32. The Morgan fingerprint density at radius 1 is 0.577 bits per heavy atom. The lowest BCUT2D eigenvalue weighted by Gasteiger charge is -2.06. The van der Waals surface area contributed by atoms with Crippen molar-refractivity contribution >= 4 is 22.9 Å². The molecule has 0 radical (unpaired) electrons. The van der Waals surface area contributed by atoms with Gasteiger partial charge >= 0.3 is 0 Å². The lowest BCUT2D eigenvalue weighted by atomic mass is 10.00. The second kappa shape index (κ2) is 6.93. The molecule has 4 aromatic rings. The number of benzene rings is 4. The van der Waals surface area contributed by atoms with Crippen molar-refractivity contribution in [3.05, 3.63) is 108 Å².